The van der Waals surface area contributed by atoms with Gasteiger partial charge in [0.1, 0.15) is 12.2 Å². The Kier molecular flexibility index (Phi) is 6.15. The first-order chi connectivity index (χ1) is 11.8. The van der Waals surface area contributed by atoms with Gasteiger partial charge in [0.05, 0.1) is 22.1 Å². The summed E-state index contributed by atoms with van der Waals surface area (Å²) >= 11 is 5.83. The molecular weight excluding hydrogens is 364 g/mol. The van der Waals surface area contributed by atoms with Crippen LogP contribution in [-0.2, 0) is 26.2 Å². The molecule has 2 aromatic rings. The number of amides is 1. The van der Waals surface area contributed by atoms with Gasteiger partial charge in [0.15, 0.2) is 0 Å². The number of ether oxygens (including phenoxy) is 1. The molecular formula is C17H15ClN2O4S. The lowest BCUT2D eigenvalue weighted by atomic mass is 10.2. The molecule has 0 bridgehead atoms. The SMILES string of the molecule is C[C@@H](OCc1ccccc1)C(=O)NS(=O)(=O)c1ccc(C#N)c(Cl)c1. The number of benzene rings is 2. The lowest BCUT2D eigenvalue weighted by Crippen LogP contribution is -2.38. The third-order valence-corrected chi connectivity index (χ3v) is 4.98. The molecule has 130 valence electrons. The Labute approximate surface area is 151 Å². The summed E-state index contributed by atoms with van der Waals surface area (Å²) in [5.41, 5.74) is 1.01. The maximum Gasteiger partial charge on any atom is 0.264 e. The average Bonchev–Trinajstić information content (AvgIpc) is 2.60. The highest BCUT2D eigenvalue weighted by Crippen LogP contribution is 2.20. The van der Waals surface area contributed by atoms with E-state index in [-0.39, 0.29) is 22.1 Å². The number of nitriles is 1. The van der Waals surface area contributed by atoms with Crippen molar-refractivity contribution in [3.8, 4) is 6.07 Å². The Morgan fingerprint density at radius 3 is 2.56 bits per heavy atom. The van der Waals surface area contributed by atoms with Gasteiger partial charge in [-0.1, -0.05) is 41.9 Å². The molecule has 8 heteroatoms. The van der Waals surface area contributed by atoms with Crippen molar-refractivity contribution >= 4 is 27.5 Å². The van der Waals surface area contributed by atoms with Gasteiger partial charge in [-0.15, -0.1) is 0 Å². The van der Waals surface area contributed by atoms with Crippen molar-refractivity contribution in [1.29, 1.82) is 5.26 Å². The summed E-state index contributed by atoms with van der Waals surface area (Å²) in [6, 6.07) is 14.6. The highest BCUT2D eigenvalue weighted by atomic mass is 35.5. The van der Waals surface area contributed by atoms with Gasteiger partial charge in [-0.3, -0.25) is 4.79 Å². The number of carbonyl (C=O) groups excluding carboxylic acids is 1. The third kappa shape index (κ3) is 5.03. The number of hydrogen-bond acceptors (Lipinski definition) is 5. The Morgan fingerprint density at radius 1 is 1.28 bits per heavy atom. The minimum atomic E-state index is -4.11. The quantitative estimate of drug-likeness (QED) is 0.833. The van der Waals surface area contributed by atoms with Crippen LogP contribution in [0.3, 0.4) is 0 Å². The zero-order valence-corrected chi connectivity index (χ0v) is 14.8. The number of sulfonamides is 1. The number of nitrogens with one attached hydrogen (secondary N) is 1. The number of halogens is 1. The zero-order chi connectivity index (χ0) is 18.4. The van der Waals surface area contributed by atoms with Crippen LogP contribution in [0.4, 0.5) is 0 Å². The minimum Gasteiger partial charge on any atom is -0.364 e. The molecule has 0 aliphatic rings. The second-order valence-electron chi connectivity index (χ2n) is 5.16. The van der Waals surface area contributed by atoms with Gasteiger partial charge in [-0.25, -0.2) is 13.1 Å². The molecule has 0 aromatic heterocycles. The first-order valence-corrected chi connectivity index (χ1v) is 9.11. The molecule has 0 saturated heterocycles. The van der Waals surface area contributed by atoms with Crippen molar-refractivity contribution < 1.29 is 17.9 Å². The predicted octanol–water partition coefficient (Wildman–Crippen LogP) is 2.62. The highest BCUT2D eigenvalue weighted by molar-refractivity contribution is 7.90. The second kappa shape index (κ2) is 8.12. The topological polar surface area (TPSA) is 96.3 Å². The maximum atomic E-state index is 12.2. The lowest BCUT2D eigenvalue weighted by molar-refractivity contribution is -0.130. The largest absolute Gasteiger partial charge is 0.364 e. The Hall–Kier alpha value is -2.40. The van der Waals surface area contributed by atoms with Gasteiger partial charge in [0.25, 0.3) is 15.9 Å². The molecule has 2 aromatic carbocycles. The Morgan fingerprint density at radius 2 is 1.96 bits per heavy atom. The van der Waals surface area contributed by atoms with Crippen molar-refractivity contribution in [3.63, 3.8) is 0 Å². The molecule has 2 rings (SSSR count). The molecule has 25 heavy (non-hydrogen) atoms. The Balaban J connectivity index is 2.03. The fourth-order valence-corrected chi connectivity index (χ4v) is 3.26. The van der Waals surface area contributed by atoms with Crippen LogP contribution in [0.1, 0.15) is 18.1 Å². The predicted molar refractivity (Wildman–Crippen MR) is 92.2 cm³/mol. The minimum absolute atomic E-state index is 0.00815. The van der Waals surface area contributed by atoms with Crippen molar-refractivity contribution in [2.24, 2.45) is 0 Å². The third-order valence-electron chi connectivity index (χ3n) is 3.32. The first kappa shape index (κ1) is 18.9. The zero-order valence-electron chi connectivity index (χ0n) is 13.3. The molecule has 0 fully saturated rings. The average molecular weight is 379 g/mol. The molecule has 0 spiro atoms. The monoisotopic (exact) mass is 378 g/mol. The first-order valence-electron chi connectivity index (χ1n) is 7.25. The number of rotatable bonds is 6. The van der Waals surface area contributed by atoms with Gasteiger partial charge in [-0.05, 0) is 30.7 Å². The van der Waals surface area contributed by atoms with Crippen LogP contribution < -0.4 is 4.72 Å². The van der Waals surface area contributed by atoms with E-state index in [1.165, 1.54) is 19.1 Å². The summed E-state index contributed by atoms with van der Waals surface area (Å²) < 4.78 is 31.8. The standard InChI is InChI=1S/C17H15ClN2O4S/c1-12(24-11-13-5-3-2-4-6-13)17(21)20-25(22,23)15-8-7-14(10-19)16(18)9-15/h2-9,12H,11H2,1H3,(H,20,21)/t12-/m1/s1. The van der Waals surface area contributed by atoms with E-state index in [1.54, 1.807) is 0 Å². The van der Waals surface area contributed by atoms with Crippen molar-refractivity contribution in [2.75, 3.05) is 0 Å². The van der Waals surface area contributed by atoms with Crippen LogP contribution >= 0.6 is 11.6 Å². The van der Waals surface area contributed by atoms with Crippen LogP contribution in [0.5, 0.6) is 0 Å². The van der Waals surface area contributed by atoms with Gasteiger partial charge < -0.3 is 4.74 Å². The van der Waals surface area contributed by atoms with E-state index in [1.807, 2.05) is 41.1 Å². The van der Waals surface area contributed by atoms with Crippen molar-refractivity contribution in [2.45, 2.75) is 24.5 Å². The highest BCUT2D eigenvalue weighted by Gasteiger charge is 2.23. The van der Waals surface area contributed by atoms with E-state index < -0.39 is 22.0 Å². The summed E-state index contributed by atoms with van der Waals surface area (Å²) in [6.45, 7) is 1.64. The molecule has 6 nitrogen and oxygen atoms in total. The second-order valence-corrected chi connectivity index (χ2v) is 7.25. The molecule has 0 heterocycles. The molecule has 1 atom stereocenters. The number of hydrogen-bond donors (Lipinski definition) is 1. The van der Waals surface area contributed by atoms with E-state index in [9.17, 15) is 13.2 Å². The number of nitrogens with zero attached hydrogens (tertiary/aromatic N) is 1. The fraction of sp³-hybridized carbons (Fsp3) is 0.176. The van der Waals surface area contributed by atoms with E-state index in [2.05, 4.69) is 0 Å². The Bertz CT molecular complexity index is 908. The van der Waals surface area contributed by atoms with E-state index in [4.69, 9.17) is 21.6 Å². The molecule has 0 saturated carbocycles. The van der Waals surface area contributed by atoms with E-state index in [0.29, 0.717) is 0 Å². The van der Waals surface area contributed by atoms with Crippen LogP contribution in [0, 0.1) is 11.3 Å². The summed E-state index contributed by atoms with van der Waals surface area (Å²) in [5, 5.41) is 8.81. The molecule has 0 unspecified atom stereocenters. The van der Waals surface area contributed by atoms with Gasteiger partial charge in [0, 0.05) is 0 Å². The normalized spacial score (nSPS) is 12.2. The summed E-state index contributed by atoms with van der Waals surface area (Å²) in [7, 11) is -4.11. The maximum absolute atomic E-state index is 12.2. The van der Waals surface area contributed by atoms with Crippen LogP contribution in [-0.4, -0.2) is 20.4 Å². The van der Waals surface area contributed by atoms with Crippen LogP contribution in [0.15, 0.2) is 53.4 Å². The molecule has 0 radical (unpaired) electrons. The van der Waals surface area contributed by atoms with Gasteiger partial charge in [0.2, 0.25) is 0 Å². The van der Waals surface area contributed by atoms with Gasteiger partial charge in [-0.2, -0.15) is 5.26 Å². The summed E-state index contributed by atoms with van der Waals surface area (Å²) in [6.07, 6.45) is -0.969. The van der Waals surface area contributed by atoms with E-state index in [0.717, 1.165) is 11.6 Å². The van der Waals surface area contributed by atoms with Gasteiger partial charge >= 0.3 is 0 Å². The van der Waals surface area contributed by atoms with E-state index >= 15 is 0 Å². The number of carbonyl (C=O) groups is 1. The lowest BCUT2D eigenvalue weighted by Gasteiger charge is -2.14. The fourth-order valence-electron chi connectivity index (χ4n) is 1.90. The van der Waals surface area contributed by atoms with Crippen LogP contribution in [0.2, 0.25) is 5.02 Å². The van der Waals surface area contributed by atoms with Crippen molar-refractivity contribution in [3.05, 3.63) is 64.7 Å². The molecule has 1 amide bonds. The van der Waals surface area contributed by atoms with Crippen molar-refractivity contribution in [1.82, 2.24) is 4.72 Å². The molecule has 1 N–H and O–H groups in total. The summed E-state index contributed by atoms with van der Waals surface area (Å²) in [4.78, 5) is 11.9. The van der Waals surface area contributed by atoms with Crippen LogP contribution in [0.25, 0.3) is 0 Å². The molecule has 0 aliphatic heterocycles. The molecule has 0 aliphatic carbocycles. The summed E-state index contributed by atoms with van der Waals surface area (Å²) in [5.74, 6) is -0.795. The smallest absolute Gasteiger partial charge is 0.264 e.